The van der Waals surface area contributed by atoms with Gasteiger partial charge < -0.3 is 4.90 Å². The van der Waals surface area contributed by atoms with Gasteiger partial charge in [-0.3, -0.25) is 19.7 Å². The summed E-state index contributed by atoms with van der Waals surface area (Å²) in [5, 5.41) is 4.89. The van der Waals surface area contributed by atoms with Crippen molar-refractivity contribution in [1.29, 1.82) is 0 Å². The molecule has 5 nitrogen and oxygen atoms in total. The van der Waals surface area contributed by atoms with E-state index in [0.717, 1.165) is 10.1 Å². The first-order valence-electron chi connectivity index (χ1n) is 6.54. The van der Waals surface area contributed by atoms with Crippen molar-refractivity contribution in [1.82, 2.24) is 10.2 Å². The van der Waals surface area contributed by atoms with E-state index >= 15 is 0 Å². The van der Waals surface area contributed by atoms with Gasteiger partial charge in [-0.25, -0.2) is 0 Å². The Hall–Kier alpha value is -2.21. The number of nitrogens with zero attached hydrogens (tertiary/aromatic N) is 1. The number of amides is 3. The fraction of sp³-hybridized carbons (Fsp3) is 0.267. The fourth-order valence-corrected chi connectivity index (χ4v) is 3.33. The summed E-state index contributed by atoms with van der Waals surface area (Å²) in [6, 6.07) is 7.59. The van der Waals surface area contributed by atoms with Crippen LogP contribution in [0.4, 0.5) is 0 Å². The number of thiophene rings is 1. The number of hydrogen-bond acceptors (Lipinski definition) is 4. The number of rotatable bonds is 1. The van der Waals surface area contributed by atoms with Gasteiger partial charge in [0.05, 0.1) is 5.56 Å². The predicted octanol–water partition coefficient (Wildman–Crippen LogP) is 1.78. The Morgan fingerprint density at radius 2 is 2.00 bits per heavy atom. The Kier molecular flexibility index (Phi) is 3.06. The number of imide groups is 1. The van der Waals surface area contributed by atoms with Gasteiger partial charge in [0.1, 0.15) is 12.1 Å². The molecule has 0 spiro atoms. The summed E-state index contributed by atoms with van der Waals surface area (Å²) < 4.78 is 1.01. The lowest BCUT2D eigenvalue weighted by molar-refractivity contribution is -0.143. The van der Waals surface area contributed by atoms with Crippen LogP contribution in [0.1, 0.15) is 24.2 Å². The summed E-state index contributed by atoms with van der Waals surface area (Å²) >= 11 is 1.48. The zero-order valence-electron chi connectivity index (χ0n) is 11.7. The molecule has 108 valence electrons. The lowest BCUT2D eigenvalue weighted by Crippen LogP contribution is -2.65. The zero-order valence-corrected chi connectivity index (χ0v) is 12.5. The van der Waals surface area contributed by atoms with E-state index in [1.807, 2.05) is 24.3 Å². The van der Waals surface area contributed by atoms with Gasteiger partial charge in [-0.15, -0.1) is 11.3 Å². The first kappa shape index (κ1) is 13.8. The number of fused-ring (bicyclic) bond motifs is 1. The van der Waals surface area contributed by atoms with E-state index in [1.165, 1.54) is 16.2 Å². The second-order valence-electron chi connectivity index (χ2n) is 5.47. The minimum atomic E-state index is -1.05. The van der Waals surface area contributed by atoms with Gasteiger partial charge in [0.15, 0.2) is 0 Å². The molecular formula is C15H14N2O3S. The topological polar surface area (TPSA) is 66.5 Å². The lowest BCUT2D eigenvalue weighted by atomic mass is 9.97. The van der Waals surface area contributed by atoms with Gasteiger partial charge in [-0.05, 0) is 19.9 Å². The Morgan fingerprint density at radius 1 is 1.29 bits per heavy atom. The SMILES string of the molecule is CC1(C)C(=O)NC(=O)CN1C(=O)c1csc2ccccc12. The van der Waals surface area contributed by atoms with Gasteiger partial charge >= 0.3 is 0 Å². The molecule has 1 saturated heterocycles. The molecule has 1 aliphatic heterocycles. The van der Waals surface area contributed by atoms with Gasteiger partial charge in [0.25, 0.3) is 11.8 Å². The number of carbonyl (C=O) groups excluding carboxylic acids is 3. The smallest absolute Gasteiger partial charge is 0.256 e. The van der Waals surface area contributed by atoms with Crippen LogP contribution in [-0.2, 0) is 9.59 Å². The zero-order chi connectivity index (χ0) is 15.2. The van der Waals surface area contributed by atoms with Crippen molar-refractivity contribution in [2.45, 2.75) is 19.4 Å². The minimum Gasteiger partial charge on any atom is -0.315 e. The van der Waals surface area contributed by atoms with Crippen molar-refractivity contribution in [2.24, 2.45) is 0 Å². The minimum absolute atomic E-state index is 0.109. The fourth-order valence-electron chi connectivity index (χ4n) is 2.40. The molecule has 0 aliphatic carbocycles. The van der Waals surface area contributed by atoms with Crippen LogP contribution in [0.25, 0.3) is 10.1 Å². The van der Waals surface area contributed by atoms with Crippen molar-refractivity contribution in [2.75, 3.05) is 6.54 Å². The highest BCUT2D eigenvalue weighted by molar-refractivity contribution is 7.17. The molecule has 0 saturated carbocycles. The van der Waals surface area contributed by atoms with Crippen molar-refractivity contribution < 1.29 is 14.4 Å². The molecule has 2 aromatic rings. The van der Waals surface area contributed by atoms with Crippen molar-refractivity contribution in [3.63, 3.8) is 0 Å². The molecule has 0 radical (unpaired) electrons. The van der Waals surface area contributed by atoms with Gasteiger partial charge in [0.2, 0.25) is 5.91 Å². The molecule has 21 heavy (non-hydrogen) atoms. The largest absolute Gasteiger partial charge is 0.315 e. The van der Waals surface area contributed by atoms with E-state index in [-0.39, 0.29) is 12.5 Å². The predicted molar refractivity (Wildman–Crippen MR) is 80.1 cm³/mol. The molecule has 1 N–H and O–H groups in total. The average molecular weight is 302 g/mol. The monoisotopic (exact) mass is 302 g/mol. The number of piperazine rings is 1. The number of hydrogen-bond donors (Lipinski definition) is 1. The molecule has 1 aromatic heterocycles. The van der Waals surface area contributed by atoms with Crippen LogP contribution in [0, 0.1) is 0 Å². The van der Waals surface area contributed by atoms with Crippen LogP contribution in [0.3, 0.4) is 0 Å². The molecule has 1 fully saturated rings. The average Bonchev–Trinajstić information content (AvgIpc) is 2.86. The van der Waals surface area contributed by atoms with Gasteiger partial charge in [-0.2, -0.15) is 0 Å². The number of benzene rings is 1. The molecule has 1 aromatic carbocycles. The lowest BCUT2D eigenvalue weighted by Gasteiger charge is -2.40. The van der Waals surface area contributed by atoms with E-state index in [0.29, 0.717) is 5.56 Å². The van der Waals surface area contributed by atoms with Crippen LogP contribution >= 0.6 is 11.3 Å². The molecule has 3 amide bonds. The standard InChI is InChI=1S/C15H14N2O3S/c1-15(2)14(20)16-12(18)7-17(15)13(19)10-8-21-11-6-4-3-5-9(10)11/h3-6,8H,7H2,1-2H3,(H,16,18,20). The quantitative estimate of drug-likeness (QED) is 0.817. The third-order valence-corrected chi connectivity index (χ3v) is 4.71. The van der Waals surface area contributed by atoms with Crippen molar-refractivity contribution in [3.05, 3.63) is 35.2 Å². The molecule has 6 heteroatoms. The second-order valence-corrected chi connectivity index (χ2v) is 6.38. The summed E-state index contributed by atoms with van der Waals surface area (Å²) in [5.41, 5.74) is -0.514. The highest BCUT2D eigenvalue weighted by Crippen LogP contribution is 2.29. The van der Waals surface area contributed by atoms with E-state index in [1.54, 1.807) is 19.2 Å². The maximum atomic E-state index is 12.8. The normalized spacial score (nSPS) is 17.9. The molecule has 2 heterocycles. The van der Waals surface area contributed by atoms with E-state index in [4.69, 9.17) is 0 Å². The van der Waals surface area contributed by atoms with Gasteiger partial charge in [-0.1, -0.05) is 18.2 Å². The Bertz CT molecular complexity index is 763. The van der Waals surface area contributed by atoms with E-state index in [2.05, 4.69) is 5.32 Å². The molecular weight excluding hydrogens is 288 g/mol. The van der Waals surface area contributed by atoms with Crippen molar-refractivity contribution in [3.8, 4) is 0 Å². The van der Waals surface area contributed by atoms with E-state index < -0.39 is 17.4 Å². The highest BCUT2D eigenvalue weighted by Gasteiger charge is 2.44. The Morgan fingerprint density at radius 3 is 2.76 bits per heavy atom. The van der Waals surface area contributed by atoms with Crippen LogP contribution in [-0.4, -0.2) is 34.7 Å². The van der Waals surface area contributed by atoms with E-state index in [9.17, 15) is 14.4 Å². The summed E-state index contributed by atoms with van der Waals surface area (Å²) in [7, 11) is 0. The Labute approximate surface area is 125 Å². The highest BCUT2D eigenvalue weighted by atomic mass is 32.1. The second kappa shape index (κ2) is 4.66. The number of nitrogens with one attached hydrogen (secondary N) is 1. The first-order chi connectivity index (χ1) is 9.91. The molecule has 3 rings (SSSR count). The summed E-state index contributed by atoms with van der Waals surface area (Å²) in [4.78, 5) is 37.7. The summed E-state index contributed by atoms with van der Waals surface area (Å²) in [6.07, 6.45) is 0. The molecule has 0 bridgehead atoms. The van der Waals surface area contributed by atoms with Crippen LogP contribution in [0.15, 0.2) is 29.6 Å². The number of carbonyl (C=O) groups is 3. The van der Waals surface area contributed by atoms with Crippen LogP contribution in [0.5, 0.6) is 0 Å². The molecule has 0 unspecified atom stereocenters. The van der Waals surface area contributed by atoms with Gasteiger partial charge in [0, 0.05) is 15.5 Å². The van der Waals surface area contributed by atoms with Crippen molar-refractivity contribution >= 4 is 39.1 Å². The first-order valence-corrected chi connectivity index (χ1v) is 7.41. The Balaban J connectivity index is 2.04. The maximum Gasteiger partial charge on any atom is 0.256 e. The molecule has 0 atom stereocenters. The molecule has 1 aliphatic rings. The maximum absolute atomic E-state index is 12.8. The van der Waals surface area contributed by atoms with Crippen LogP contribution in [0.2, 0.25) is 0 Å². The van der Waals surface area contributed by atoms with Crippen LogP contribution < -0.4 is 5.32 Å². The summed E-state index contributed by atoms with van der Waals surface area (Å²) in [5.74, 6) is -1.19. The summed E-state index contributed by atoms with van der Waals surface area (Å²) in [6.45, 7) is 3.17. The third kappa shape index (κ3) is 2.12. The third-order valence-electron chi connectivity index (χ3n) is 3.74.